The third-order valence-corrected chi connectivity index (χ3v) is 5.14. The molecule has 0 radical (unpaired) electrons. The molecule has 12 heavy (non-hydrogen) atoms. The van der Waals surface area contributed by atoms with Crippen LogP contribution in [0.15, 0.2) is 0 Å². The van der Waals surface area contributed by atoms with Gasteiger partial charge >= 0.3 is 0 Å². The van der Waals surface area contributed by atoms with E-state index in [4.69, 9.17) is 0 Å². The van der Waals surface area contributed by atoms with Crippen LogP contribution in [-0.4, -0.2) is 12.1 Å². The summed E-state index contributed by atoms with van der Waals surface area (Å²) in [6.07, 6.45) is 6.04. The van der Waals surface area contributed by atoms with Crippen molar-refractivity contribution < 1.29 is 0 Å². The molecule has 1 heterocycles. The second-order valence-corrected chi connectivity index (χ2v) is 5.82. The average Bonchev–Trinajstić information content (AvgIpc) is 2.83. The van der Waals surface area contributed by atoms with Crippen molar-refractivity contribution in [1.82, 2.24) is 5.32 Å². The Morgan fingerprint density at radius 1 is 1.42 bits per heavy atom. The first kappa shape index (κ1) is 6.42. The number of hydrogen-bond acceptors (Lipinski definition) is 1. The quantitative estimate of drug-likeness (QED) is 0.540. The smallest absolute Gasteiger partial charge is 0.0258 e. The van der Waals surface area contributed by atoms with E-state index in [0.717, 1.165) is 35.3 Å². The summed E-state index contributed by atoms with van der Waals surface area (Å²) in [4.78, 5) is 0. The zero-order valence-corrected chi connectivity index (χ0v) is 7.72. The minimum Gasteiger partial charge on any atom is -0.308 e. The van der Waals surface area contributed by atoms with Gasteiger partial charge in [-0.05, 0) is 42.4 Å². The third kappa shape index (κ3) is 0.555. The van der Waals surface area contributed by atoms with Crippen LogP contribution in [0.5, 0.6) is 0 Å². The van der Waals surface area contributed by atoms with E-state index in [2.05, 4.69) is 12.2 Å². The van der Waals surface area contributed by atoms with Crippen molar-refractivity contribution in [2.24, 2.45) is 23.2 Å². The lowest BCUT2D eigenvalue weighted by atomic mass is 9.67. The molecule has 6 atom stereocenters. The van der Waals surface area contributed by atoms with E-state index in [-0.39, 0.29) is 0 Å². The Morgan fingerprint density at radius 3 is 3.25 bits per heavy atom. The monoisotopic (exact) mass is 163 g/mol. The summed E-state index contributed by atoms with van der Waals surface area (Å²) in [5.74, 6) is 3.44. The summed E-state index contributed by atoms with van der Waals surface area (Å²) in [5, 5.41) is 3.68. The van der Waals surface area contributed by atoms with Crippen LogP contribution in [0.1, 0.15) is 32.6 Å². The Labute approximate surface area is 73.9 Å². The molecule has 4 aliphatic rings. The first-order valence-corrected chi connectivity index (χ1v) is 5.56. The molecule has 0 aromatic rings. The molecular formula is C11H17N. The van der Waals surface area contributed by atoms with Gasteiger partial charge in [0.15, 0.2) is 0 Å². The fourth-order valence-corrected chi connectivity index (χ4v) is 4.48. The fourth-order valence-electron chi connectivity index (χ4n) is 4.48. The van der Waals surface area contributed by atoms with E-state index in [0.29, 0.717) is 0 Å². The molecule has 0 amide bonds. The van der Waals surface area contributed by atoms with Crippen LogP contribution in [0, 0.1) is 23.2 Å². The summed E-state index contributed by atoms with van der Waals surface area (Å²) < 4.78 is 0. The summed E-state index contributed by atoms with van der Waals surface area (Å²) in [5.41, 5.74) is 0.796. The van der Waals surface area contributed by atoms with Crippen LogP contribution in [-0.2, 0) is 0 Å². The summed E-state index contributed by atoms with van der Waals surface area (Å²) in [6, 6.07) is 1.92. The van der Waals surface area contributed by atoms with Crippen molar-refractivity contribution >= 4 is 0 Å². The van der Waals surface area contributed by atoms with Crippen molar-refractivity contribution in [2.75, 3.05) is 0 Å². The Hall–Kier alpha value is -0.0400. The second-order valence-electron chi connectivity index (χ2n) is 5.82. The highest BCUT2D eigenvalue weighted by Crippen LogP contribution is 2.75. The zero-order chi connectivity index (χ0) is 7.92. The standard InChI is InChI=1S/C11H17N/c1-11-4-2-3-7-10(12-7)8-6(5-11)9(8)11/h6-10,12H,2-5H2,1H3/t6?,7?,8-,9?,10?,11-/m0/s1. The predicted molar refractivity (Wildman–Crippen MR) is 47.8 cm³/mol. The topological polar surface area (TPSA) is 21.9 Å². The molecule has 0 aromatic carbocycles. The molecule has 66 valence electrons. The van der Waals surface area contributed by atoms with Crippen LogP contribution < -0.4 is 5.32 Å². The van der Waals surface area contributed by atoms with Crippen molar-refractivity contribution in [1.29, 1.82) is 0 Å². The van der Waals surface area contributed by atoms with E-state index in [1.165, 1.54) is 19.3 Å². The first-order chi connectivity index (χ1) is 5.80. The molecule has 0 aromatic heterocycles. The van der Waals surface area contributed by atoms with Gasteiger partial charge in [-0.2, -0.15) is 0 Å². The van der Waals surface area contributed by atoms with Crippen LogP contribution >= 0.6 is 0 Å². The number of hydrogen-bond donors (Lipinski definition) is 1. The van der Waals surface area contributed by atoms with Gasteiger partial charge in [0.1, 0.15) is 0 Å². The lowest BCUT2D eigenvalue weighted by Gasteiger charge is -2.38. The molecule has 1 nitrogen and oxygen atoms in total. The highest BCUT2D eigenvalue weighted by atomic mass is 15.2. The van der Waals surface area contributed by atoms with Gasteiger partial charge < -0.3 is 5.32 Å². The van der Waals surface area contributed by atoms with Gasteiger partial charge in [-0.15, -0.1) is 0 Å². The molecule has 1 aliphatic heterocycles. The summed E-state index contributed by atoms with van der Waals surface area (Å²) >= 11 is 0. The minimum absolute atomic E-state index is 0.796. The summed E-state index contributed by atoms with van der Waals surface area (Å²) in [6.45, 7) is 2.54. The number of nitrogens with one attached hydrogen (secondary N) is 1. The van der Waals surface area contributed by atoms with Gasteiger partial charge in [0.25, 0.3) is 0 Å². The molecule has 4 unspecified atom stereocenters. The van der Waals surface area contributed by atoms with Crippen LogP contribution in [0.2, 0.25) is 0 Å². The molecule has 1 saturated heterocycles. The van der Waals surface area contributed by atoms with E-state index in [9.17, 15) is 0 Å². The molecule has 3 aliphatic carbocycles. The maximum atomic E-state index is 3.68. The summed E-state index contributed by atoms with van der Waals surface area (Å²) in [7, 11) is 0. The molecule has 0 bridgehead atoms. The lowest BCUT2D eigenvalue weighted by molar-refractivity contribution is 0.118. The fraction of sp³-hybridized carbons (Fsp3) is 1.00. The Balaban J connectivity index is 1.68. The van der Waals surface area contributed by atoms with Crippen molar-refractivity contribution in [2.45, 2.75) is 44.7 Å². The predicted octanol–water partition coefficient (Wildman–Crippen LogP) is 1.78. The number of fused-ring (bicyclic) bond motifs is 3. The second kappa shape index (κ2) is 1.61. The van der Waals surface area contributed by atoms with Crippen LogP contribution in [0.4, 0.5) is 0 Å². The van der Waals surface area contributed by atoms with Gasteiger partial charge in [-0.25, -0.2) is 0 Å². The lowest BCUT2D eigenvalue weighted by Crippen LogP contribution is -2.29. The van der Waals surface area contributed by atoms with E-state index >= 15 is 0 Å². The minimum atomic E-state index is 0.796. The molecular weight excluding hydrogens is 146 g/mol. The van der Waals surface area contributed by atoms with Gasteiger partial charge in [-0.1, -0.05) is 13.3 Å². The normalized spacial score (nSPS) is 71.2. The third-order valence-electron chi connectivity index (χ3n) is 5.14. The maximum absolute atomic E-state index is 3.68. The Bertz CT molecular complexity index is 245. The first-order valence-electron chi connectivity index (χ1n) is 5.56. The van der Waals surface area contributed by atoms with E-state index < -0.39 is 0 Å². The van der Waals surface area contributed by atoms with Crippen molar-refractivity contribution in [3.05, 3.63) is 0 Å². The zero-order valence-electron chi connectivity index (χ0n) is 7.72. The molecule has 4 rings (SSSR count). The number of rotatable bonds is 0. The molecule has 0 spiro atoms. The Kier molecular flexibility index (Phi) is 0.863. The van der Waals surface area contributed by atoms with Crippen LogP contribution in [0.25, 0.3) is 0 Å². The van der Waals surface area contributed by atoms with Crippen molar-refractivity contribution in [3.8, 4) is 0 Å². The molecule has 4 fully saturated rings. The maximum Gasteiger partial charge on any atom is 0.0258 e. The van der Waals surface area contributed by atoms with Gasteiger partial charge in [0.2, 0.25) is 0 Å². The van der Waals surface area contributed by atoms with E-state index in [1.807, 2.05) is 0 Å². The highest BCUT2D eigenvalue weighted by molar-refractivity contribution is 5.25. The SMILES string of the molecule is C[C@]12CCCC3NC3[C@H]3C(C1)C32. The van der Waals surface area contributed by atoms with Gasteiger partial charge in [0.05, 0.1) is 0 Å². The molecule has 3 saturated carbocycles. The molecule has 1 N–H and O–H groups in total. The largest absolute Gasteiger partial charge is 0.308 e. The molecule has 1 heteroatoms. The Morgan fingerprint density at radius 2 is 2.33 bits per heavy atom. The van der Waals surface area contributed by atoms with Crippen molar-refractivity contribution in [3.63, 3.8) is 0 Å². The van der Waals surface area contributed by atoms with Crippen LogP contribution in [0.3, 0.4) is 0 Å². The van der Waals surface area contributed by atoms with E-state index in [1.54, 1.807) is 6.42 Å². The van der Waals surface area contributed by atoms with Gasteiger partial charge in [-0.3, -0.25) is 0 Å². The average molecular weight is 163 g/mol. The van der Waals surface area contributed by atoms with Gasteiger partial charge in [0, 0.05) is 12.1 Å². The highest BCUT2D eigenvalue weighted by Gasteiger charge is 2.73.